The molecule has 0 spiro atoms. The second-order valence-electron chi connectivity index (χ2n) is 4.61. The molecule has 19 heavy (non-hydrogen) atoms. The molecule has 0 aliphatic carbocycles. The molecule has 0 saturated heterocycles. The third-order valence-electron chi connectivity index (χ3n) is 2.74. The number of nitrogens with two attached hydrogens (primary N) is 1. The number of hydrogen-bond donors (Lipinski definition) is 2. The highest BCUT2D eigenvalue weighted by Crippen LogP contribution is 2.20. The van der Waals surface area contributed by atoms with Crippen molar-refractivity contribution >= 4 is 21.4 Å². The highest BCUT2D eigenvalue weighted by atomic mass is 32.2. The molecule has 0 aliphatic rings. The molecule has 110 valence electrons. The zero-order valence-corrected chi connectivity index (χ0v) is 13.2. The van der Waals surface area contributed by atoms with Crippen LogP contribution in [0.2, 0.25) is 0 Å². The molecule has 0 saturated carbocycles. The first-order valence-corrected chi connectivity index (χ1v) is 8.64. The van der Waals surface area contributed by atoms with Crippen molar-refractivity contribution in [3.05, 3.63) is 17.0 Å². The largest absolute Gasteiger partial charge is 0.380 e. The summed E-state index contributed by atoms with van der Waals surface area (Å²) in [6.45, 7) is 7.11. The van der Waals surface area contributed by atoms with E-state index in [0.29, 0.717) is 24.0 Å². The van der Waals surface area contributed by atoms with E-state index in [1.165, 1.54) is 11.3 Å². The fraction of sp³-hybridized carbons (Fsp3) is 0.667. The van der Waals surface area contributed by atoms with Gasteiger partial charge in [-0.25, -0.2) is 13.1 Å². The predicted octanol–water partition coefficient (Wildman–Crippen LogP) is 1.55. The van der Waals surface area contributed by atoms with E-state index in [0.717, 1.165) is 5.56 Å². The molecule has 0 fully saturated rings. The van der Waals surface area contributed by atoms with Crippen LogP contribution < -0.4 is 10.5 Å². The lowest BCUT2D eigenvalue weighted by molar-refractivity contribution is 0.116. The smallest absolute Gasteiger partial charge is 0.250 e. The lowest BCUT2D eigenvalue weighted by Crippen LogP contribution is -2.41. The van der Waals surface area contributed by atoms with Crippen molar-refractivity contribution in [2.24, 2.45) is 11.7 Å². The van der Waals surface area contributed by atoms with Crippen LogP contribution in [0.1, 0.15) is 26.3 Å². The molecule has 0 amide bonds. The minimum Gasteiger partial charge on any atom is -0.380 e. The zero-order chi connectivity index (χ0) is 14.5. The van der Waals surface area contributed by atoms with Gasteiger partial charge < -0.3 is 10.5 Å². The van der Waals surface area contributed by atoms with Gasteiger partial charge in [0.25, 0.3) is 0 Å². The molecule has 3 N–H and O–H groups in total. The van der Waals surface area contributed by atoms with Gasteiger partial charge in [-0.3, -0.25) is 0 Å². The minimum atomic E-state index is -3.49. The summed E-state index contributed by atoms with van der Waals surface area (Å²) in [6.07, 6.45) is 0. The third-order valence-corrected chi connectivity index (χ3v) is 5.72. The van der Waals surface area contributed by atoms with Crippen LogP contribution in [0.25, 0.3) is 0 Å². The van der Waals surface area contributed by atoms with Crippen molar-refractivity contribution in [3.63, 3.8) is 0 Å². The van der Waals surface area contributed by atoms with Crippen molar-refractivity contribution in [2.75, 3.05) is 13.2 Å². The van der Waals surface area contributed by atoms with Gasteiger partial charge in [-0.05, 0) is 29.9 Å². The van der Waals surface area contributed by atoms with Crippen LogP contribution in [-0.2, 0) is 21.3 Å². The van der Waals surface area contributed by atoms with Gasteiger partial charge in [0.15, 0.2) is 0 Å². The summed E-state index contributed by atoms with van der Waals surface area (Å²) in [5.74, 6) is 0.162. The van der Waals surface area contributed by atoms with Crippen molar-refractivity contribution < 1.29 is 13.2 Å². The molecular formula is C12H22N2O3S2. The van der Waals surface area contributed by atoms with E-state index in [2.05, 4.69) is 4.72 Å². The first-order valence-electron chi connectivity index (χ1n) is 6.28. The maximum Gasteiger partial charge on any atom is 0.250 e. The molecular weight excluding hydrogens is 284 g/mol. The Labute approximate surface area is 119 Å². The summed E-state index contributed by atoms with van der Waals surface area (Å²) in [4.78, 5) is 0. The van der Waals surface area contributed by atoms with Gasteiger partial charge in [-0.2, -0.15) is 0 Å². The van der Waals surface area contributed by atoms with Crippen LogP contribution in [0, 0.1) is 5.92 Å². The van der Waals surface area contributed by atoms with E-state index in [4.69, 9.17) is 10.5 Å². The van der Waals surface area contributed by atoms with Gasteiger partial charge in [0, 0.05) is 19.2 Å². The Bertz CT molecular complexity index is 483. The average molecular weight is 306 g/mol. The second-order valence-corrected chi connectivity index (χ2v) is 7.46. The lowest BCUT2D eigenvalue weighted by atomic mass is 10.1. The Kier molecular flexibility index (Phi) is 6.41. The maximum absolute atomic E-state index is 12.2. The highest BCUT2D eigenvalue weighted by Gasteiger charge is 2.23. The van der Waals surface area contributed by atoms with Gasteiger partial charge in [0.05, 0.1) is 6.61 Å². The molecule has 1 aromatic rings. The number of nitrogens with one attached hydrogen (secondary N) is 1. The van der Waals surface area contributed by atoms with Crippen molar-refractivity contribution in [2.45, 2.75) is 37.6 Å². The van der Waals surface area contributed by atoms with Gasteiger partial charge in [-0.1, -0.05) is 13.8 Å². The molecule has 1 aromatic heterocycles. The predicted molar refractivity (Wildman–Crippen MR) is 77.7 cm³/mol. The minimum absolute atomic E-state index is 0.162. The Morgan fingerprint density at radius 2 is 2.16 bits per heavy atom. The average Bonchev–Trinajstić information content (AvgIpc) is 2.83. The quantitative estimate of drug-likeness (QED) is 0.763. The van der Waals surface area contributed by atoms with Crippen molar-refractivity contribution in [1.82, 2.24) is 4.72 Å². The van der Waals surface area contributed by atoms with Crippen LogP contribution >= 0.6 is 11.3 Å². The normalized spacial score (nSPS) is 13.9. The molecule has 7 heteroatoms. The highest BCUT2D eigenvalue weighted by molar-refractivity contribution is 7.91. The van der Waals surface area contributed by atoms with E-state index in [-0.39, 0.29) is 12.0 Å². The summed E-state index contributed by atoms with van der Waals surface area (Å²) in [5.41, 5.74) is 6.32. The Morgan fingerprint density at radius 3 is 2.63 bits per heavy atom. The number of thiophene rings is 1. The first kappa shape index (κ1) is 16.6. The van der Waals surface area contributed by atoms with Gasteiger partial charge >= 0.3 is 0 Å². The van der Waals surface area contributed by atoms with E-state index >= 15 is 0 Å². The van der Waals surface area contributed by atoms with Crippen LogP contribution in [0.15, 0.2) is 15.7 Å². The summed E-state index contributed by atoms with van der Waals surface area (Å²) in [5, 5.41) is 1.77. The van der Waals surface area contributed by atoms with E-state index in [1.54, 1.807) is 11.4 Å². The third kappa shape index (κ3) is 4.85. The molecule has 1 atom stereocenters. The van der Waals surface area contributed by atoms with Crippen LogP contribution in [0.3, 0.4) is 0 Å². The van der Waals surface area contributed by atoms with E-state index < -0.39 is 10.0 Å². The van der Waals surface area contributed by atoms with Gasteiger partial charge in [0.1, 0.15) is 4.21 Å². The number of sulfonamides is 1. The van der Waals surface area contributed by atoms with Crippen LogP contribution in [0.5, 0.6) is 0 Å². The maximum atomic E-state index is 12.2. The van der Waals surface area contributed by atoms with Crippen LogP contribution in [-0.4, -0.2) is 27.7 Å². The molecule has 0 radical (unpaired) electrons. The molecule has 0 bridgehead atoms. The van der Waals surface area contributed by atoms with E-state index in [9.17, 15) is 8.42 Å². The summed E-state index contributed by atoms with van der Waals surface area (Å²) < 4.78 is 32.8. The Balaban J connectivity index is 2.81. The molecule has 0 aliphatic heterocycles. The molecule has 1 heterocycles. The van der Waals surface area contributed by atoms with E-state index in [1.807, 2.05) is 20.8 Å². The number of rotatable bonds is 8. The second kappa shape index (κ2) is 7.35. The zero-order valence-electron chi connectivity index (χ0n) is 11.5. The number of hydrogen-bond acceptors (Lipinski definition) is 5. The monoisotopic (exact) mass is 306 g/mol. The summed E-state index contributed by atoms with van der Waals surface area (Å²) in [7, 11) is -3.49. The summed E-state index contributed by atoms with van der Waals surface area (Å²) >= 11 is 1.19. The Hall–Kier alpha value is -0.470. The molecule has 5 nitrogen and oxygen atoms in total. The first-order chi connectivity index (χ1) is 8.90. The fourth-order valence-electron chi connectivity index (χ4n) is 1.47. The lowest BCUT2D eigenvalue weighted by Gasteiger charge is -2.21. The van der Waals surface area contributed by atoms with Crippen LogP contribution in [0.4, 0.5) is 0 Å². The fourth-order valence-corrected chi connectivity index (χ4v) is 4.07. The standard InChI is InChI=1S/C12H22N2O3S2/c1-4-17-7-11(9(2)3)14-19(15,16)12-5-10(6-13)8-18-12/h5,8-9,11,14H,4,6-7,13H2,1-3H3. The topological polar surface area (TPSA) is 81.4 Å². The summed E-state index contributed by atoms with van der Waals surface area (Å²) in [6, 6.07) is 1.39. The van der Waals surface area contributed by atoms with Crippen molar-refractivity contribution in [1.29, 1.82) is 0 Å². The Morgan fingerprint density at radius 1 is 1.47 bits per heavy atom. The molecule has 1 unspecified atom stereocenters. The SMILES string of the molecule is CCOCC(NS(=O)(=O)c1cc(CN)cs1)C(C)C. The number of ether oxygens (including phenoxy) is 1. The van der Waals surface area contributed by atoms with Gasteiger partial charge in [-0.15, -0.1) is 11.3 Å². The van der Waals surface area contributed by atoms with Gasteiger partial charge in [0.2, 0.25) is 10.0 Å². The van der Waals surface area contributed by atoms with Crippen molar-refractivity contribution in [3.8, 4) is 0 Å². The molecule has 0 aromatic carbocycles. The molecule has 1 rings (SSSR count).